The second kappa shape index (κ2) is 9.47. The lowest BCUT2D eigenvalue weighted by Gasteiger charge is -2.39. The van der Waals surface area contributed by atoms with Gasteiger partial charge in [0.1, 0.15) is 6.04 Å². The zero-order valence-corrected chi connectivity index (χ0v) is 19.4. The average molecular weight is 441 g/mol. The lowest BCUT2D eigenvalue weighted by atomic mass is 9.66. The molecule has 0 saturated carbocycles. The number of hydrogen-bond donors (Lipinski definition) is 2. The predicted octanol–water partition coefficient (Wildman–Crippen LogP) is 1.96. The highest BCUT2D eigenvalue weighted by Gasteiger charge is 2.76. The zero-order chi connectivity index (χ0) is 22.1. The van der Waals surface area contributed by atoms with Gasteiger partial charge >= 0.3 is 5.97 Å². The Kier molecular flexibility index (Phi) is 7.38. The van der Waals surface area contributed by atoms with E-state index in [1.54, 1.807) is 23.6 Å². The maximum absolute atomic E-state index is 13.6. The number of aliphatic hydroxyl groups is 1. The third kappa shape index (κ3) is 3.74. The van der Waals surface area contributed by atoms with Gasteiger partial charge in [-0.2, -0.15) is 0 Å². The number of hydrogen-bond acceptors (Lipinski definition) is 6. The Labute approximate surface area is 183 Å². The van der Waals surface area contributed by atoms with E-state index in [0.29, 0.717) is 19.4 Å². The topological polar surface area (TPSA) is 95.9 Å². The number of unbranched alkanes of at least 4 members (excludes halogenated alkanes) is 1. The molecule has 2 N–H and O–H groups in total. The molecular weight excluding hydrogens is 404 g/mol. The van der Waals surface area contributed by atoms with E-state index in [0.717, 1.165) is 19.3 Å². The van der Waals surface area contributed by atoms with Gasteiger partial charge < -0.3 is 20.1 Å². The molecule has 0 aromatic heterocycles. The molecule has 2 amide bonds. The van der Waals surface area contributed by atoms with E-state index in [4.69, 9.17) is 4.74 Å². The minimum Gasteiger partial charge on any atom is -0.466 e. The van der Waals surface area contributed by atoms with E-state index < -0.39 is 22.6 Å². The lowest BCUT2D eigenvalue weighted by molar-refractivity contribution is -0.154. The molecule has 0 aromatic carbocycles. The van der Waals surface area contributed by atoms with Crippen molar-refractivity contribution in [2.24, 2.45) is 17.8 Å². The number of aliphatic hydroxyl groups excluding tert-OH is 1. The first-order chi connectivity index (χ1) is 14.3. The second-order valence-electron chi connectivity index (χ2n) is 8.97. The largest absolute Gasteiger partial charge is 0.466 e. The van der Waals surface area contributed by atoms with Crippen LogP contribution in [-0.4, -0.2) is 69.6 Å². The molecule has 170 valence electrons. The smallest absolute Gasteiger partial charge is 0.310 e. The molecule has 3 heterocycles. The zero-order valence-electron chi connectivity index (χ0n) is 18.6. The summed E-state index contributed by atoms with van der Waals surface area (Å²) in [6.07, 6.45) is 3.87. The molecule has 3 aliphatic rings. The highest BCUT2D eigenvalue weighted by atomic mass is 32.2. The van der Waals surface area contributed by atoms with Crippen LogP contribution in [0.2, 0.25) is 0 Å². The fourth-order valence-electron chi connectivity index (χ4n) is 5.79. The highest BCUT2D eigenvalue weighted by molar-refractivity contribution is 8.02. The molecule has 3 aliphatic heterocycles. The van der Waals surface area contributed by atoms with Crippen LogP contribution < -0.4 is 5.32 Å². The van der Waals surface area contributed by atoms with Crippen LogP contribution in [0, 0.1) is 17.8 Å². The van der Waals surface area contributed by atoms with Crippen LogP contribution in [0.15, 0.2) is 0 Å². The van der Waals surface area contributed by atoms with Crippen molar-refractivity contribution in [3.63, 3.8) is 0 Å². The average Bonchev–Trinajstić information content (AvgIpc) is 3.26. The Morgan fingerprint density at radius 1 is 1.37 bits per heavy atom. The van der Waals surface area contributed by atoms with Crippen LogP contribution in [0.1, 0.15) is 59.8 Å². The molecule has 7 atom stereocenters. The Hall–Kier alpha value is -1.28. The van der Waals surface area contributed by atoms with Crippen LogP contribution in [0.5, 0.6) is 0 Å². The number of carbonyl (C=O) groups excluding carboxylic acids is 3. The van der Waals surface area contributed by atoms with Crippen LogP contribution in [-0.2, 0) is 19.1 Å². The molecule has 7 nitrogen and oxygen atoms in total. The summed E-state index contributed by atoms with van der Waals surface area (Å²) in [5.41, 5.74) is 0. The van der Waals surface area contributed by atoms with Gasteiger partial charge in [0.05, 0.1) is 23.2 Å². The summed E-state index contributed by atoms with van der Waals surface area (Å²) in [6.45, 7) is 8.73. The molecule has 2 bridgehead atoms. The van der Waals surface area contributed by atoms with E-state index in [1.807, 2.05) is 6.92 Å². The standard InChI is InChI=1S/C22H36N2O5S/c1-5-9-14(4)23-19(26)18-22-13(3)12-15(30-22)16(21(28)29-6-2)17(22)20(27)24(18)10-7-8-11-25/h13-18,25H,5-12H2,1-4H3,(H,23,26)/t13?,14?,15-,16+,17+,18?,22?/m1/s1. The third-order valence-electron chi connectivity index (χ3n) is 6.97. The molecule has 4 unspecified atom stereocenters. The Morgan fingerprint density at radius 3 is 2.73 bits per heavy atom. The van der Waals surface area contributed by atoms with Crippen molar-refractivity contribution in [1.82, 2.24) is 10.2 Å². The summed E-state index contributed by atoms with van der Waals surface area (Å²) in [4.78, 5) is 41.6. The van der Waals surface area contributed by atoms with Crippen molar-refractivity contribution in [2.45, 2.75) is 81.9 Å². The van der Waals surface area contributed by atoms with Crippen LogP contribution in [0.4, 0.5) is 0 Å². The minimum atomic E-state index is -0.589. The van der Waals surface area contributed by atoms with Crippen molar-refractivity contribution in [3.8, 4) is 0 Å². The monoisotopic (exact) mass is 440 g/mol. The van der Waals surface area contributed by atoms with Gasteiger partial charge in [0.2, 0.25) is 11.8 Å². The number of thioether (sulfide) groups is 1. The van der Waals surface area contributed by atoms with Gasteiger partial charge in [-0.1, -0.05) is 20.3 Å². The fraction of sp³-hybridized carbons (Fsp3) is 0.864. The van der Waals surface area contributed by atoms with Crippen LogP contribution >= 0.6 is 11.8 Å². The maximum atomic E-state index is 13.6. The summed E-state index contributed by atoms with van der Waals surface area (Å²) >= 11 is 1.67. The maximum Gasteiger partial charge on any atom is 0.310 e. The lowest BCUT2D eigenvalue weighted by Crippen LogP contribution is -2.57. The first kappa shape index (κ1) is 23.4. The highest BCUT2D eigenvalue weighted by Crippen LogP contribution is 2.68. The normalized spacial score (nSPS) is 35.4. The molecular formula is C22H36N2O5S. The molecule has 3 saturated heterocycles. The molecule has 3 rings (SSSR count). The summed E-state index contributed by atoms with van der Waals surface area (Å²) in [6, 6.07) is -0.551. The van der Waals surface area contributed by atoms with E-state index in [2.05, 4.69) is 19.2 Å². The first-order valence-corrected chi connectivity index (χ1v) is 12.3. The molecule has 30 heavy (non-hydrogen) atoms. The molecule has 0 radical (unpaired) electrons. The number of nitrogens with zero attached hydrogens (tertiary/aromatic N) is 1. The quantitative estimate of drug-likeness (QED) is 0.398. The van der Waals surface area contributed by atoms with Crippen molar-refractivity contribution in [1.29, 1.82) is 0 Å². The van der Waals surface area contributed by atoms with Crippen LogP contribution in [0.25, 0.3) is 0 Å². The number of fused-ring (bicyclic) bond motifs is 1. The van der Waals surface area contributed by atoms with E-state index in [1.165, 1.54) is 0 Å². The van der Waals surface area contributed by atoms with Gasteiger partial charge in [0.15, 0.2) is 0 Å². The number of nitrogens with one attached hydrogen (secondary N) is 1. The van der Waals surface area contributed by atoms with Crippen molar-refractivity contribution < 1.29 is 24.2 Å². The third-order valence-corrected chi connectivity index (χ3v) is 9.05. The van der Waals surface area contributed by atoms with Gasteiger partial charge in [-0.05, 0) is 45.4 Å². The predicted molar refractivity (Wildman–Crippen MR) is 116 cm³/mol. The van der Waals surface area contributed by atoms with Crippen molar-refractivity contribution in [2.75, 3.05) is 19.8 Å². The molecule has 0 aliphatic carbocycles. The number of ether oxygens (including phenoxy) is 1. The SMILES string of the molecule is CCCC(C)NC(=O)C1N(CCCCO)C(=O)[C@@H]2[C@@H](C(=O)OCC)[C@H]3CC(C)C12S3. The number of carbonyl (C=O) groups is 3. The fourth-order valence-corrected chi connectivity index (χ4v) is 8.20. The number of rotatable bonds is 10. The molecule has 3 fully saturated rings. The number of amides is 2. The summed E-state index contributed by atoms with van der Waals surface area (Å²) in [5, 5.41) is 12.3. The number of esters is 1. The summed E-state index contributed by atoms with van der Waals surface area (Å²) in [7, 11) is 0. The number of likely N-dealkylation sites (tertiary alicyclic amines) is 1. The Morgan fingerprint density at radius 2 is 2.10 bits per heavy atom. The molecule has 1 spiro atoms. The van der Waals surface area contributed by atoms with Gasteiger partial charge in [0.25, 0.3) is 0 Å². The summed E-state index contributed by atoms with van der Waals surface area (Å²) < 4.78 is 4.75. The van der Waals surface area contributed by atoms with Gasteiger partial charge in [0, 0.05) is 24.4 Å². The van der Waals surface area contributed by atoms with Crippen molar-refractivity contribution in [3.05, 3.63) is 0 Å². The second-order valence-corrected chi connectivity index (χ2v) is 10.5. The Bertz CT molecular complexity index is 674. The van der Waals surface area contributed by atoms with Gasteiger partial charge in [-0.25, -0.2) is 0 Å². The van der Waals surface area contributed by atoms with E-state index in [-0.39, 0.29) is 48.2 Å². The van der Waals surface area contributed by atoms with Crippen molar-refractivity contribution >= 4 is 29.5 Å². The van der Waals surface area contributed by atoms with Gasteiger partial charge in [-0.15, -0.1) is 11.8 Å². The molecule has 8 heteroatoms. The van der Waals surface area contributed by atoms with E-state index >= 15 is 0 Å². The van der Waals surface area contributed by atoms with Crippen LogP contribution in [0.3, 0.4) is 0 Å². The summed E-state index contributed by atoms with van der Waals surface area (Å²) in [5.74, 6) is -1.35. The first-order valence-electron chi connectivity index (χ1n) is 11.4. The molecule has 0 aromatic rings. The minimum absolute atomic E-state index is 0.0240. The van der Waals surface area contributed by atoms with Gasteiger partial charge in [-0.3, -0.25) is 14.4 Å². The Balaban J connectivity index is 1.96. The van der Waals surface area contributed by atoms with E-state index in [9.17, 15) is 19.5 Å².